The highest BCUT2D eigenvalue weighted by atomic mass is 32.2. The Balaban J connectivity index is 1.44. The number of hydrogen-bond acceptors (Lipinski definition) is 5. The van der Waals surface area contributed by atoms with E-state index in [2.05, 4.69) is 30.9 Å². The van der Waals surface area contributed by atoms with E-state index in [1.807, 2.05) is 42.5 Å². The van der Waals surface area contributed by atoms with Crippen molar-refractivity contribution in [2.24, 2.45) is 5.92 Å². The van der Waals surface area contributed by atoms with Crippen molar-refractivity contribution < 1.29 is 4.79 Å². The van der Waals surface area contributed by atoms with Gasteiger partial charge in [-0.05, 0) is 67.2 Å². The predicted octanol–water partition coefficient (Wildman–Crippen LogP) is 6.61. The first-order chi connectivity index (χ1) is 15.0. The molecule has 4 rings (SSSR count). The molecule has 0 N–H and O–H groups in total. The van der Waals surface area contributed by atoms with E-state index in [9.17, 15) is 4.79 Å². The molecular weight excluding hydrogens is 442 g/mol. The number of nitrogens with zero attached hydrogens (tertiary/aromatic N) is 3. The van der Waals surface area contributed by atoms with Gasteiger partial charge in [-0.3, -0.25) is 4.79 Å². The molecule has 0 radical (unpaired) electrons. The minimum atomic E-state index is 0.135. The Kier molecular flexibility index (Phi) is 7.25. The number of rotatable bonds is 9. The third kappa shape index (κ3) is 5.84. The molecule has 1 amide bonds. The zero-order valence-corrected chi connectivity index (χ0v) is 20.3. The number of benzene rings is 2. The molecule has 0 aliphatic heterocycles. The van der Waals surface area contributed by atoms with Crippen LogP contribution >= 0.6 is 35.3 Å². The van der Waals surface area contributed by atoms with Gasteiger partial charge in [0, 0.05) is 23.9 Å². The Morgan fingerprint density at radius 3 is 2.55 bits per heavy atom. The molecule has 0 atom stereocenters. The Bertz CT molecular complexity index is 1070. The van der Waals surface area contributed by atoms with Crippen molar-refractivity contribution >= 4 is 41.2 Å². The lowest BCUT2D eigenvalue weighted by Crippen LogP contribution is -2.34. The van der Waals surface area contributed by atoms with Crippen molar-refractivity contribution in [2.75, 3.05) is 6.54 Å². The van der Waals surface area contributed by atoms with Gasteiger partial charge >= 0.3 is 0 Å². The summed E-state index contributed by atoms with van der Waals surface area (Å²) in [7, 11) is 0. The van der Waals surface area contributed by atoms with E-state index in [1.165, 1.54) is 16.9 Å². The summed E-state index contributed by atoms with van der Waals surface area (Å²) in [4.78, 5) is 15.1. The van der Waals surface area contributed by atoms with E-state index in [0.29, 0.717) is 15.9 Å². The number of aromatic nitrogens is 2. The van der Waals surface area contributed by atoms with Gasteiger partial charge < -0.3 is 4.90 Å². The van der Waals surface area contributed by atoms with E-state index in [1.54, 1.807) is 16.4 Å². The zero-order chi connectivity index (χ0) is 21.8. The van der Waals surface area contributed by atoms with Crippen molar-refractivity contribution in [1.82, 2.24) is 14.7 Å². The summed E-state index contributed by atoms with van der Waals surface area (Å²) in [5.74, 6) is 1.59. The molecule has 2 aromatic carbocycles. The third-order valence-electron chi connectivity index (χ3n) is 5.29. The minimum absolute atomic E-state index is 0.135. The van der Waals surface area contributed by atoms with Crippen LogP contribution in [0.1, 0.15) is 49.0 Å². The Hall–Kier alpha value is -1.96. The molecule has 1 aliphatic rings. The molecule has 0 bridgehead atoms. The minimum Gasteiger partial charge on any atom is -0.336 e. The maximum absolute atomic E-state index is 13.1. The first kappa shape index (κ1) is 22.2. The lowest BCUT2D eigenvalue weighted by molar-refractivity contribution is 0.0735. The van der Waals surface area contributed by atoms with Crippen molar-refractivity contribution in [3.05, 3.63) is 69.7 Å². The molecule has 162 valence electrons. The molecule has 1 saturated carbocycles. The first-order valence-electron chi connectivity index (χ1n) is 10.7. The lowest BCUT2D eigenvalue weighted by atomic mass is 10.1. The van der Waals surface area contributed by atoms with Gasteiger partial charge in [0.1, 0.15) is 0 Å². The molecule has 4 nitrogen and oxygen atoms in total. The van der Waals surface area contributed by atoms with Gasteiger partial charge in [-0.15, -0.1) is 5.10 Å². The monoisotopic (exact) mass is 469 g/mol. The standard InChI is InChI=1S/C24H27N3OS3/c1-17(2)14-15-26(20-12-13-20)22(28)19-8-10-21(11-9-19)27-24(29)31-23(25-27)30-16-18-6-4-3-5-7-18/h3-11,17,20H,12-16H2,1-2H3. The average molecular weight is 470 g/mol. The number of hydrogen-bond donors (Lipinski definition) is 0. The fourth-order valence-corrected chi connectivity index (χ4v) is 5.66. The molecule has 0 unspecified atom stereocenters. The summed E-state index contributed by atoms with van der Waals surface area (Å²) < 4.78 is 3.45. The molecule has 0 saturated heterocycles. The third-order valence-corrected chi connectivity index (χ3v) is 7.73. The molecular formula is C24H27N3OS3. The summed E-state index contributed by atoms with van der Waals surface area (Å²) in [6.07, 6.45) is 3.29. The molecule has 0 spiro atoms. The molecule has 7 heteroatoms. The van der Waals surface area contributed by atoms with E-state index in [-0.39, 0.29) is 5.91 Å². The van der Waals surface area contributed by atoms with Gasteiger partial charge in [0.15, 0.2) is 8.29 Å². The van der Waals surface area contributed by atoms with Crippen LogP contribution in [0.25, 0.3) is 5.69 Å². The van der Waals surface area contributed by atoms with E-state index >= 15 is 0 Å². The molecule has 1 fully saturated rings. The van der Waals surface area contributed by atoms with Gasteiger partial charge in [0.2, 0.25) is 0 Å². The van der Waals surface area contributed by atoms with E-state index in [4.69, 9.17) is 17.3 Å². The van der Waals surface area contributed by atoms with Crippen molar-refractivity contribution in [3.63, 3.8) is 0 Å². The highest BCUT2D eigenvalue weighted by Crippen LogP contribution is 2.30. The SMILES string of the molecule is CC(C)CCN(C(=O)c1ccc(-n2nc(SCc3ccccc3)sc2=S)cc1)C1CC1. The maximum atomic E-state index is 13.1. The predicted molar refractivity (Wildman–Crippen MR) is 132 cm³/mol. The molecule has 1 heterocycles. The van der Waals surface area contributed by atoms with E-state index < -0.39 is 0 Å². The van der Waals surface area contributed by atoms with Crippen molar-refractivity contribution in [2.45, 2.75) is 49.2 Å². The molecule has 31 heavy (non-hydrogen) atoms. The van der Waals surface area contributed by atoms with Crippen molar-refractivity contribution in [3.8, 4) is 5.69 Å². The summed E-state index contributed by atoms with van der Waals surface area (Å²) in [6, 6.07) is 18.5. The second kappa shape index (κ2) is 10.1. The van der Waals surface area contributed by atoms with Crippen LogP contribution < -0.4 is 0 Å². The van der Waals surface area contributed by atoms with Gasteiger partial charge in [-0.1, -0.05) is 67.3 Å². The molecule has 1 aromatic heterocycles. The molecule has 3 aromatic rings. The van der Waals surface area contributed by atoms with Crippen LogP contribution in [-0.4, -0.2) is 33.2 Å². The topological polar surface area (TPSA) is 38.1 Å². The number of amides is 1. The zero-order valence-electron chi connectivity index (χ0n) is 17.9. The smallest absolute Gasteiger partial charge is 0.254 e. The quantitative estimate of drug-likeness (QED) is 0.261. The first-order valence-corrected chi connectivity index (χ1v) is 12.9. The Labute approximate surface area is 197 Å². The van der Waals surface area contributed by atoms with Crippen molar-refractivity contribution in [1.29, 1.82) is 0 Å². The van der Waals surface area contributed by atoms with Crippen LogP contribution in [0, 0.1) is 9.87 Å². The van der Waals surface area contributed by atoms with Gasteiger partial charge in [0.25, 0.3) is 5.91 Å². The number of thioether (sulfide) groups is 1. The highest BCUT2D eigenvalue weighted by Gasteiger charge is 2.32. The largest absolute Gasteiger partial charge is 0.336 e. The average Bonchev–Trinajstić information content (AvgIpc) is 3.54. The number of carbonyl (C=O) groups is 1. The van der Waals surface area contributed by atoms with Gasteiger partial charge in [-0.25, -0.2) is 4.68 Å². The summed E-state index contributed by atoms with van der Waals surface area (Å²) in [5, 5.41) is 4.69. The van der Waals surface area contributed by atoms with Crippen LogP contribution in [0.3, 0.4) is 0 Å². The normalized spacial score (nSPS) is 13.5. The highest BCUT2D eigenvalue weighted by molar-refractivity contribution is 8.00. The summed E-state index contributed by atoms with van der Waals surface area (Å²) >= 11 is 8.76. The van der Waals surface area contributed by atoms with Crippen LogP contribution in [0.15, 0.2) is 58.9 Å². The van der Waals surface area contributed by atoms with Crippen LogP contribution in [0.2, 0.25) is 0 Å². The van der Waals surface area contributed by atoms with Gasteiger partial charge in [-0.2, -0.15) is 0 Å². The fourth-order valence-electron chi connectivity index (χ4n) is 3.35. The van der Waals surface area contributed by atoms with Crippen LogP contribution in [0.5, 0.6) is 0 Å². The second-order valence-corrected chi connectivity index (χ2v) is 11.1. The summed E-state index contributed by atoms with van der Waals surface area (Å²) in [6.45, 7) is 5.24. The summed E-state index contributed by atoms with van der Waals surface area (Å²) in [5.41, 5.74) is 2.89. The van der Waals surface area contributed by atoms with E-state index in [0.717, 1.165) is 47.2 Å². The maximum Gasteiger partial charge on any atom is 0.254 e. The van der Waals surface area contributed by atoms with Crippen LogP contribution in [-0.2, 0) is 5.75 Å². The second-order valence-electron chi connectivity index (χ2n) is 8.28. The van der Waals surface area contributed by atoms with Crippen LogP contribution in [0.4, 0.5) is 0 Å². The molecule has 1 aliphatic carbocycles. The fraction of sp³-hybridized carbons (Fsp3) is 0.375. The number of carbonyl (C=O) groups excluding carboxylic acids is 1. The Morgan fingerprint density at radius 2 is 1.90 bits per heavy atom. The van der Waals surface area contributed by atoms with Gasteiger partial charge in [0.05, 0.1) is 5.69 Å². The lowest BCUT2D eigenvalue weighted by Gasteiger charge is -2.23. The Morgan fingerprint density at radius 1 is 1.19 bits per heavy atom.